The second-order valence-corrected chi connectivity index (χ2v) is 7.97. The Labute approximate surface area is 132 Å². The van der Waals surface area contributed by atoms with Crippen molar-refractivity contribution in [2.24, 2.45) is 11.3 Å². The van der Waals surface area contributed by atoms with Crippen LogP contribution in [0.1, 0.15) is 66.7 Å². The van der Waals surface area contributed by atoms with Crippen LogP contribution < -0.4 is 5.32 Å². The first kappa shape index (κ1) is 18.9. The molecule has 0 radical (unpaired) electrons. The standard InChI is InChI=1S/C18H38N2O/c1-6-11-19-18(7-2,15-21)10-8-12-20-13-9-16(14-20)17(3,4)5/h16,19,21H,6-15H2,1-5H3. The Kier molecular flexibility index (Phi) is 7.66. The summed E-state index contributed by atoms with van der Waals surface area (Å²) in [5, 5.41) is 13.3. The smallest absolute Gasteiger partial charge is 0.0613 e. The van der Waals surface area contributed by atoms with Gasteiger partial charge in [-0.25, -0.2) is 0 Å². The van der Waals surface area contributed by atoms with E-state index in [0.29, 0.717) is 5.41 Å². The molecule has 1 saturated heterocycles. The van der Waals surface area contributed by atoms with Gasteiger partial charge in [0.15, 0.2) is 0 Å². The number of likely N-dealkylation sites (tertiary alicyclic amines) is 1. The predicted octanol–water partition coefficient (Wildman–Crippen LogP) is 3.28. The largest absolute Gasteiger partial charge is 0.394 e. The van der Waals surface area contributed by atoms with Gasteiger partial charge in [0, 0.05) is 12.1 Å². The van der Waals surface area contributed by atoms with Crippen LogP contribution in [0.2, 0.25) is 0 Å². The average molecular weight is 299 g/mol. The number of aliphatic hydroxyl groups is 1. The summed E-state index contributed by atoms with van der Waals surface area (Å²) in [4.78, 5) is 2.62. The topological polar surface area (TPSA) is 35.5 Å². The van der Waals surface area contributed by atoms with E-state index in [4.69, 9.17) is 0 Å². The minimum absolute atomic E-state index is 0.0564. The lowest BCUT2D eigenvalue weighted by atomic mass is 9.80. The van der Waals surface area contributed by atoms with Crippen molar-refractivity contribution in [2.45, 2.75) is 72.3 Å². The normalized spacial score (nSPS) is 23.4. The van der Waals surface area contributed by atoms with Gasteiger partial charge < -0.3 is 15.3 Å². The van der Waals surface area contributed by atoms with Crippen molar-refractivity contribution in [3.05, 3.63) is 0 Å². The van der Waals surface area contributed by atoms with Gasteiger partial charge in [-0.1, -0.05) is 34.6 Å². The number of nitrogens with zero attached hydrogens (tertiary/aromatic N) is 1. The lowest BCUT2D eigenvalue weighted by Crippen LogP contribution is -2.48. The van der Waals surface area contributed by atoms with E-state index < -0.39 is 0 Å². The van der Waals surface area contributed by atoms with Gasteiger partial charge in [0.2, 0.25) is 0 Å². The quantitative estimate of drug-likeness (QED) is 0.686. The molecule has 0 bridgehead atoms. The summed E-state index contributed by atoms with van der Waals surface area (Å²) >= 11 is 0. The van der Waals surface area contributed by atoms with E-state index >= 15 is 0 Å². The predicted molar refractivity (Wildman–Crippen MR) is 91.6 cm³/mol. The zero-order chi connectivity index (χ0) is 15.9. The zero-order valence-electron chi connectivity index (χ0n) is 15.0. The monoisotopic (exact) mass is 298 g/mol. The third-order valence-electron chi connectivity index (χ3n) is 5.36. The Hall–Kier alpha value is -0.120. The summed E-state index contributed by atoms with van der Waals surface area (Å²) in [7, 11) is 0. The fourth-order valence-electron chi connectivity index (χ4n) is 3.41. The van der Waals surface area contributed by atoms with Crippen molar-refractivity contribution in [1.29, 1.82) is 0 Å². The molecule has 1 rings (SSSR count). The highest BCUT2D eigenvalue weighted by Crippen LogP contribution is 2.33. The van der Waals surface area contributed by atoms with Crippen LogP contribution in [0.25, 0.3) is 0 Å². The molecule has 0 aromatic heterocycles. The third-order valence-corrected chi connectivity index (χ3v) is 5.36. The summed E-state index contributed by atoms with van der Waals surface area (Å²) in [6.07, 6.45) is 5.74. The molecule has 0 aromatic carbocycles. The SMILES string of the molecule is CCCNC(CC)(CO)CCCN1CCC(C(C)(C)C)C1. The number of nitrogens with one attached hydrogen (secondary N) is 1. The Morgan fingerprint density at radius 1 is 1.24 bits per heavy atom. The fraction of sp³-hybridized carbons (Fsp3) is 1.00. The molecule has 3 nitrogen and oxygen atoms in total. The minimum Gasteiger partial charge on any atom is -0.394 e. The molecule has 1 heterocycles. The molecular formula is C18H38N2O. The van der Waals surface area contributed by atoms with Gasteiger partial charge in [0.05, 0.1) is 6.61 Å². The van der Waals surface area contributed by atoms with E-state index in [0.717, 1.165) is 31.7 Å². The van der Waals surface area contributed by atoms with E-state index in [-0.39, 0.29) is 12.1 Å². The molecule has 1 aliphatic rings. The van der Waals surface area contributed by atoms with Crippen LogP contribution in [-0.2, 0) is 0 Å². The van der Waals surface area contributed by atoms with E-state index in [1.165, 1.54) is 32.5 Å². The molecule has 2 N–H and O–H groups in total. The van der Waals surface area contributed by atoms with Gasteiger partial charge in [0.25, 0.3) is 0 Å². The van der Waals surface area contributed by atoms with Crippen molar-refractivity contribution < 1.29 is 5.11 Å². The van der Waals surface area contributed by atoms with Crippen LogP contribution in [0, 0.1) is 11.3 Å². The molecule has 21 heavy (non-hydrogen) atoms. The molecule has 1 aliphatic heterocycles. The van der Waals surface area contributed by atoms with E-state index in [1.807, 2.05) is 0 Å². The van der Waals surface area contributed by atoms with Crippen LogP contribution >= 0.6 is 0 Å². The zero-order valence-corrected chi connectivity index (χ0v) is 15.0. The molecular weight excluding hydrogens is 260 g/mol. The van der Waals surface area contributed by atoms with E-state index in [1.54, 1.807) is 0 Å². The van der Waals surface area contributed by atoms with Gasteiger partial charge in [-0.3, -0.25) is 0 Å². The van der Waals surface area contributed by atoms with Gasteiger partial charge in [0.1, 0.15) is 0 Å². The van der Waals surface area contributed by atoms with Crippen molar-refractivity contribution in [2.75, 3.05) is 32.8 Å². The highest BCUT2D eigenvalue weighted by atomic mass is 16.3. The number of hydrogen-bond donors (Lipinski definition) is 2. The molecule has 3 heteroatoms. The maximum atomic E-state index is 9.77. The number of hydrogen-bond acceptors (Lipinski definition) is 3. The van der Waals surface area contributed by atoms with Gasteiger partial charge in [-0.2, -0.15) is 0 Å². The van der Waals surface area contributed by atoms with Crippen LogP contribution in [0.15, 0.2) is 0 Å². The number of rotatable bonds is 9. The molecule has 0 spiro atoms. The van der Waals surface area contributed by atoms with E-state index in [2.05, 4.69) is 44.8 Å². The maximum absolute atomic E-state index is 9.77. The third kappa shape index (κ3) is 5.88. The van der Waals surface area contributed by atoms with Gasteiger partial charge in [-0.05, 0) is 63.1 Å². The summed E-state index contributed by atoms with van der Waals surface area (Å²) < 4.78 is 0. The molecule has 0 aliphatic carbocycles. The summed E-state index contributed by atoms with van der Waals surface area (Å²) in [5.74, 6) is 0.837. The average Bonchev–Trinajstić information content (AvgIpc) is 2.92. The lowest BCUT2D eigenvalue weighted by Gasteiger charge is -2.33. The van der Waals surface area contributed by atoms with Crippen LogP contribution in [-0.4, -0.2) is 48.3 Å². The Morgan fingerprint density at radius 3 is 2.43 bits per heavy atom. The van der Waals surface area contributed by atoms with Crippen LogP contribution in [0.4, 0.5) is 0 Å². The summed E-state index contributed by atoms with van der Waals surface area (Å²) in [5.41, 5.74) is 0.384. The van der Waals surface area contributed by atoms with Gasteiger partial charge in [-0.15, -0.1) is 0 Å². The lowest BCUT2D eigenvalue weighted by molar-refractivity contribution is 0.139. The molecule has 2 atom stereocenters. The maximum Gasteiger partial charge on any atom is 0.0613 e. The van der Waals surface area contributed by atoms with Crippen molar-refractivity contribution in [3.63, 3.8) is 0 Å². The first-order valence-electron chi connectivity index (χ1n) is 8.95. The van der Waals surface area contributed by atoms with E-state index in [9.17, 15) is 5.11 Å². The van der Waals surface area contributed by atoms with Crippen molar-refractivity contribution in [1.82, 2.24) is 10.2 Å². The second-order valence-electron chi connectivity index (χ2n) is 7.97. The minimum atomic E-state index is -0.0564. The first-order chi connectivity index (χ1) is 9.87. The molecule has 0 amide bonds. The molecule has 126 valence electrons. The van der Waals surface area contributed by atoms with Gasteiger partial charge >= 0.3 is 0 Å². The summed E-state index contributed by atoms with van der Waals surface area (Å²) in [6, 6.07) is 0. The van der Waals surface area contributed by atoms with Crippen molar-refractivity contribution >= 4 is 0 Å². The fourth-order valence-corrected chi connectivity index (χ4v) is 3.41. The second kappa shape index (κ2) is 8.50. The van der Waals surface area contributed by atoms with Crippen LogP contribution in [0.5, 0.6) is 0 Å². The Balaban J connectivity index is 2.35. The first-order valence-corrected chi connectivity index (χ1v) is 8.95. The summed E-state index contributed by atoms with van der Waals surface area (Å²) in [6.45, 7) is 16.4. The Morgan fingerprint density at radius 2 is 1.95 bits per heavy atom. The van der Waals surface area contributed by atoms with Crippen molar-refractivity contribution in [3.8, 4) is 0 Å². The molecule has 0 aromatic rings. The molecule has 1 fully saturated rings. The highest BCUT2D eigenvalue weighted by Gasteiger charge is 2.32. The molecule has 0 saturated carbocycles. The van der Waals surface area contributed by atoms with Crippen LogP contribution in [0.3, 0.4) is 0 Å². The highest BCUT2D eigenvalue weighted by molar-refractivity contribution is 4.88. The molecule has 2 unspecified atom stereocenters. The number of aliphatic hydroxyl groups excluding tert-OH is 1. The Bertz CT molecular complexity index is 281.